The van der Waals surface area contributed by atoms with Crippen molar-refractivity contribution in [3.05, 3.63) is 41.9 Å². The molecule has 0 aromatic carbocycles. The second kappa shape index (κ2) is 5.98. The lowest BCUT2D eigenvalue weighted by atomic mass is 10.0. The van der Waals surface area contributed by atoms with Gasteiger partial charge in [0.1, 0.15) is 11.9 Å². The van der Waals surface area contributed by atoms with Crippen LogP contribution in [0.2, 0.25) is 0 Å². The molecule has 3 rings (SSSR count). The number of hydrogen-bond donors (Lipinski definition) is 0. The van der Waals surface area contributed by atoms with Gasteiger partial charge in [0.25, 0.3) is 0 Å². The van der Waals surface area contributed by atoms with Crippen LogP contribution in [0, 0.1) is 11.3 Å². The lowest BCUT2D eigenvalue weighted by Crippen LogP contribution is -2.31. The van der Waals surface area contributed by atoms with E-state index in [1.54, 1.807) is 36.4 Å². The van der Waals surface area contributed by atoms with E-state index in [1.165, 1.54) is 0 Å². The zero-order valence-electron chi connectivity index (χ0n) is 12.4. The maximum Gasteiger partial charge on any atom is 0.168 e. The highest BCUT2D eigenvalue weighted by Gasteiger charge is 2.28. The molecule has 0 spiro atoms. The molecule has 1 unspecified atom stereocenters. The molecule has 1 fully saturated rings. The molecule has 0 aliphatic carbocycles. The molecule has 1 aliphatic rings. The predicted molar refractivity (Wildman–Crippen MR) is 81.5 cm³/mol. The summed E-state index contributed by atoms with van der Waals surface area (Å²) in [6, 6.07) is 5.85. The summed E-state index contributed by atoms with van der Waals surface area (Å²) in [6.07, 6.45) is 7.44. The Morgan fingerprint density at radius 2 is 2.32 bits per heavy atom. The number of nitriles is 1. The van der Waals surface area contributed by atoms with Crippen LogP contribution in [0.5, 0.6) is 0 Å². The molecule has 0 bridgehead atoms. The van der Waals surface area contributed by atoms with Gasteiger partial charge in [-0.1, -0.05) is 0 Å². The Bertz CT molecular complexity index is 713. The minimum absolute atomic E-state index is 0.110. The number of ketones is 1. The highest BCUT2D eigenvalue weighted by Crippen LogP contribution is 2.26. The molecule has 1 saturated heterocycles. The zero-order chi connectivity index (χ0) is 15.5. The summed E-state index contributed by atoms with van der Waals surface area (Å²) in [7, 11) is 1.80. The first kappa shape index (κ1) is 14.3. The summed E-state index contributed by atoms with van der Waals surface area (Å²) in [5.74, 6) is 0.944. The quantitative estimate of drug-likeness (QED) is 0.806. The molecule has 2 aromatic rings. The Labute approximate surface area is 129 Å². The van der Waals surface area contributed by atoms with Crippen LogP contribution in [0.15, 0.2) is 30.7 Å². The normalized spacial score (nSPS) is 17.5. The highest BCUT2D eigenvalue weighted by molar-refractivity contribution is 5.96. The molecule has 6 heteroatoms. The van der Waals surface area contributed by atoms with Crippen molar-refractivity contribution in [2.24, 2.45) is 7.05 Å². The number of nitrogens with zero attached hydrogens (tertiary/aromatic N) is 5. The highest BCUT2D eigenvalue weighted by atomic mass is 16.1. The third kappa shape index (κ3) is 2.84. The standard InChI is InChI=1S/C16H17N5O/c1-20-11-13(10-19-20)15(22)7-14-3-2-6-21(14)16-5-4-12(8-17)9-18-16/h4-5,9-11,14H,2-3,6-7H2,1H3. The fourth-order valence-electron chi connectivity index (χ4n) is 2.87. The lowest BCUT2D eigenvalue weighted by Gasteiger charge is -2.25. The summed E-state index contributed by atoms with van der Waals surface area (Å²) in [4.78, 5) is 18.9. The van der Waals surface area contributed by atoms with Crippen LogP contribution < -0.4 is 4.90 Å². The number of aromatic nitrogens is 3. The van der Waals surface area contributed by atoms with E-state index in [4.69, 9.17) is 5.26 Å². The fourth-order valence-corrected chi connectivity index (χ4v) is 2.87. The number of rotatable bonds is 4. The molecule has 0 saturated carbocycles. The maximum absolute atomic E-state index is 12.3. The van der Waals surface area contributed by atoms with Gasteiger partial charge >= 0.3 is 0 Å². The summed E-state index contributed by atoms with van der Waals surface area (Å²) in [5.41, 5.74) is 1.20. The predicted octanol–water partition coefficient (Wildman–Crippen LogP) is 1.93. The van der Waals surface area contributed by atoms with Gasteiger partial charge in [-0.15, -0.1) is 0 Å². The van der Waals surface area contributed by atoms with Gasteiger partial charge in [0.05, 0.1) is 17.3 Å². The van der Waals surface area contributed by atoms with E-state index in [0.717, 1.165) is 25.2 Å². The fraction of sp³-hybridized carbons (Fsp3) is 0.375. The lowest BCUT2D eigenvalue weighted by molar-refractivity contribution is 0.0974. The maximum atomic E-state index is 12.3. The largest absolute Gasteiger partial charge is 0.353 e. The van der Waals surface area contributed by atoms with Gasteiger partial charge in [0.2, 0.25) is 0 Å². The van der Waals surface area contributed by atoms with Gasteiger partial charge in [0, 0.05) is 38.4 Å². The molecule has 0 N–H and O–H groups in total. The number of anilines is 1. The SMILES string of the molecule is Cn1cc(C(=O)CC2CCCN2c2ccc(C#N)cn2)cn1. The van der Waals surface area contributed by atoms with Gasteiger partial charge in [-0.2, -0.15) is 10.4 Å². The van der Waals surface area contributed by atoms with Crippen molar-refractivity contribution in [1.82, 2.24) is 14.8 Å². The summed E-state index contributed by atoms with van der Waals surface area (Å²) < 4.78 is 1.64. The molecule has 6 nitrogen and oxygen atoms in total. The summed E-state index contributed by atoms with van der Waals surface area (Å²) in [6.45, 7) is 0.893. The van der Waals surface area contributed by atoms with Gasteiger partial charge in [-0.25, -0.2) is 4.98 Å². The Kier molecular flexibility index (Phi) is 3.88. The molecule has 22 heavy (non-hydrogen) atoms. The minimum Gasteiger partial charge on any atom is -0.353 e. The third-order valence-electron chi connectivity index (χ3n) is 4.00. The molecule has 2 aromatic heterocycles. The van der Waals surface area contributed by atoms with E-state index >= 15 is 0 Å². The van der Waals surface area contributed by atoms with Crippen molar-refractivity contribution in [1.29, 1.82) is 5.26 Å². The van der Waals surface area contributed by atoms with Crippen molar-refractivity contribution in [3.8, 4) is 6.07 Å². The third-order valence-corrected chi connectivity index (χ3v) is 4.00. The van der Waals surface area contributed by atoms with E-state index in [1.807, 2.05) is 6.07 Å². The van der Waals surface area contributed by atoms with Crippen molar-refractivity contribution in [3.63, 3.8) is 0 Å². The number of pyridine rings is 1. The van der Waals surface area contributed by atoms with Gasteiger partial charge in [-0.05, 0) is 25.0 Å². The summed E-state index contributed by atoms with van der Waals surface area (Å²) >= 11 is 0. The molecular formula is C16H17N5O. The van der Waals surface area contributed by atoms with E-state index < -0.39 is 0 Å². The average molecular weight is 295 g/mol. The molecule has 3 heterocycles. The number of hydrogen-bond acceptors (Lipinski definition) is 5. The van der Waals surface area contributed by atoms with Crippen molar-refractivity contribution in [2.75, 3.05) is 11.4 Å². The van der Waals surface area contributed by atoms with Crippen LogP contribution in [0.4, 0.5) is 5.82 Å². The first-order valence-electron chi connectivity index (χ1n) is 7.32. The zero-order valence-corrected chi connectivity index (χ0v) is 12.4. The van der Waals surface area contributed by atoms with E-state index in [0.29, 0.717) is 17.5 Å². The number of carbonyl (C=O) groups is 1. The Morgan fingerprint density at radius 3 is 2.95 bits per heavy atom. The Hall–Kier alpha value is -2.68. The number of Topliss-reactive ketones (excluding diaryl/α,β-unsaturated/α-hetero) is 1. The minimum atomic E-state index is 0.110. The number of carbonyl (C=O) groups excluding carboxylic acids is 1. The molecule has 1 aliphatic heterocycles. The Morgan fingerprint density at radius 1 is 1.45 bits per heavy atom. The van der Waals surface area contributed by atoms with Crippen molar-refractivity contribution < 1.29 is 4.79 Å². The first-order valence-corrected chi connectivity index (χ1v) is 7.32. The average Bonchev–Trinajstić information content (AvgIpc) is 3.16. The van der Waals surface area contributed by atoms with Crippen LogP contribution in [-0.4, -0.2) is 33.1 Å². The topological polar surface area (TPSA) is 74.8 Å². The van der Waals surface area contributed by atoms with Crippen molar-refractivity contribution in [2.45, 2.75) is 25.3 Å². The summed E-state index contributed by atoms with van der Waals surface area (Å²) in [5, 5.41) is 12.9. The Balaban J connectivity index is 1.72. The molecule has 1 atom stereocenters. The van der Waals surface area contributed by atoms with Gasteiger partial charge in [-0.3, -0.25) is 9.48 Å². The molecule has 0 radical (unpaired) electrons. The van der Waals surface area contributed by atoms with Crippen LogP contribution in [0.25, 0.3) is 0 Å². The van der Waals surface area contributed by atoms with E-state index in [-0.39, 0.29) is 11.8 Å². The van der Waals surface area contributed by atoms with E-state index in [9.17, 15) is 4.79 Å². The number of aryl methyl sites for hydroxylation is 1. The second-order valence-corrected chi connectivity index (χ2v) is 5.54. The van der Waals surface area contributed by atoms with Crippen LogP contribution >= 0.6 is 0 Å². The second-order valence-electron chi connectivity index (χ2n) is 5.54. The van der Waals surface area contributed by atoms with Gasteiger partial charge in [0.15, 0.2) is 5.78 Å². The molecular weight excluding hydrogens is 278 g/mol. The smallest absolute Gasteiger partial charge is 0.168 e. The monoisotopic (exact) mass is 295 g/mol. The van der Waals surface area contributed by atoms with E-state index in [2.05, 4.69) is 21.1 Å². The molecule has 0 amide bonds. The first-order chi connectivity index (χ1) is 10.7. The van der Waals surface area contributed by atoms with Crippen LogP contribution in [0.1, 0.15) is 35.2 Å². The van der Waals surface area contributed by atoms with Crippen LogP contribution in [0.3, 0.4) is 0 Å². The van der Waals surface area contributed by atoms with Gasteiger partial charge < -0.3 is 4.90 Å². The van der Waals surface area contributed by atoms with Crippen molar-refractivity contribution >= 4 is 11.6 Å². The molecule has 112 valence electrons. The van der Waals surface area contributed by atoms with Crippen LogP contribution in [-0.2, 0) is 7.05 Å².